The van der Waals surface area contributed by atoms with Gasteiger partial charge < -0.3 is 35.0 Å². The van der Waals surface area contributed by atoms with Gasteiger partial charge in [-0.25, -0.2) is 19.6 Å². The second-order valence-corrected chi connectivity index (χ2v) is 15.8. The van der Waals surface area contributed by atoms with Gasteiger partial charge in [0.1, 0.15) is 23.7 Å². The number of alkyl carbamates (subject to hydrolysis) is 1. The summed E-state index contributed by atoms with van der Waals surface area (Å²) in [5.41, 5.74) is 5.87. The molecule has 0 bridgehead atoms. The van der Waals surface area contributed by atoms with Gasteiger partial charge in [0.05, 0.1) is 50.0 Å². The predicted molar refractivity (Wildman–Crippen MR) is 206 cm³/mol. The standard InChI is InChI=1S/C42H51N7O6/c1-22(2)35(48-42(53)55-6)40(51)49-19-7-8-32(49)37-43-20-30(45-37)26-13-9-24(10-14-26)25-11-15-27(16-12-25)31-21-44-38(46-31)33-28-17-18-29(28)34(33)39(50)47-36(23(3)4)41(52)54-5/h9-16,20-23,28-29,32-36H,7-8,17-19H2,1-6H3,(H,43,45)(H,44,46)(H,47,50)(H,48,53)/t28-,29?,32-,33+,34+,35-,36-/m0/s1. The molecule has 2 aromatic heterocycles. The van der Waals surface area contributed by atoms with E-state index in [-0.39, 0.29) is 41.5 Å². The van der Waals surface area contributed by atoms with E-state index in [4.69, 9.17) is 14.5 Å². The van der Waals surface area contributed by atoms with Crippen LogP contribution in [0.2, 0.25) is 0 Å². The Morgan fingerprint density at radius 3 is 1.78 bits per heavy atom. The Labute approximate surface area is 321 Å². The molecule has 290 valence electrons. The molecule has 7 rings (SSSR count). The highest BCUT2D eigenvalue weighted by atomic mass is 16.5. The fourth-order valence-corrected chi connectivity index (χ4v) is 8.62. The number of carbonyl (C=O) groups is 4. The smallest absolute Gasteiger partial charge is 0.407 e. The van der Waals surface area contributed by atoms with E-state index in [0.29, 0.717) is 18.4 Å². The van der Waals surface area contributed by atoms with Gasteiger partial charge in [0, 0.05) is 12.5 Å². The first kappa shape index (κ1) is 37.8. The molecule has 2 aliphatic carbocycles. The highest BCUT2D eigenvalue weighted by Crippen LogP contribution is 2.62. The number of hydrogen-bond donors (Lipinski definition) is 4. The predicted octanol–water partition coefficient (Wildman–Crippen LogP) is 6.23. The van der Waals surface area contributed by atoms with Gasteiger partial charge in [0.2, 0.25) is 11.8 Å². The van der Waals surface area contributed by atoms with Gasteiger partial charge in [0.15, 0.2) is 0 Å². The van der Waals surface area contributed by atoms with Gasteiger partial charge in [-0.05, 0) is 71.6 Å². The Morgan fingerprint density at radius 2 is 1.25 bits per heavy atom. The lowest BCUT2D eigenvalue weighted by molar-refractivity contribution is -0.153. The molecule has 13 nitrogen and oxygen atoms in total. The minimum absolute atomic E-state index is 0.00569. The van der Waals surface area contributed by atoms with Crippen LogP contribution >= 0.6 is 0 Å². The third kappa shape index (κ3) is 7.36. The molecule has 4 aromatic rings. The van der Waals surface area contributed by atoms with Crippen LogP contribution in [0.5, 0.6) is 0 Å². The van der Waals surface area contributed by atoms with Crippen LogP contribution in [-0.4, -0.2) is 81.6 Å². The lowest BCUT2D eigenvalue weighted by atomic mass is 9.46. The summed E-state index contributed by atoms with van der Waals surface area (Å²) in [6.45, 7) is 8.20. The fraction of sp³-hybridized carbons (Fsp3) is 0.476. The van der Waals surface area contributed by atoms with E-state index in [1.54, 1.807) is 6.20 Å². The second-order valence-electron chi connectivity index (χ2n) is 15.8. The van der Waals surface area contributed by atoms with Crippen molar-refractivity contribution in [2.45, 2.75) is 77.4 Å². The van der Waals surface area contributed by atoms with E-state index in [9.17, 15) is 19.2 Å². The van der Waals surface area contributed by atoms with Gasteiger partial charge in [-0.2, -0.15) is 0 Å². The number of amides is 3. The summed E-state index contributed by atoms with van der Waals surface area (Å²) >= 11 is 0. The molecule has 3 fully saturated rings. The van der Waals surface area contributed by atoms with E-state index in [2.05, 4.69) is 74.1 Å². The van der Waals surface area contributed by atoms with Crippen LogP contribution in [0.4, 0.5) is 4.79 Å². The van der Waals surface area contributed by atoms with Crippen molar-refractivity contribution in [1.82, 2.24) is 35.5 Å². The summed E-state index contributed by atoms with van der Waals surface area (Å²) in [7, 11) is 2.64. The number of nitrogens with zero attached hydrogens (tertiary/aromatic N) is 3. The van der Waals surface area contributed by atoms with Crippen LogP contribution in [0.3, 0.4) is 0 Å². The third-order valence-electron chi connectivity index (χ3n) is 11.9. The zero-order valence-electron chi connectivity index (χ0n) is 32.3. The number of fused-ring (bicyclic) bond motifs is 1. The number of carbonyl (C=O) groups excluding carboxylic acids is 4. The lowest BCUT2D eigenvalue weighted by Gasteiger charge is -2.57. The van der Waals surface area contributed by atoms with Crippen molar-refractivity contribution < 1.29 is 28.7 Å². The molecule has 55 heavy (non-hydrogen) atoms. The van der Waals surface area contributed by atoms with Gasteiger partial charge in [-0.15, -0.1) is 0 Å². The molecule has 2 saturated carbocycles. The molecule has 3 heterocycles. The molecule has 13 heteroatoms. The zero-order chi connectivity index (χ0) is 39.0. The van der Waals surface area contributed by atoms with E-state index < -0.39 is 24.1 Å². The van der Waals surface area contributed by atoms with Crippen molar-refractivity contribution in [3.05, 3.63) is 72.6 Å². The SMILES string of the molecule is COC(=O)N[C@H](C(=O)N1CCC[C@H]1c1ncc(-c2ccc(-c3ccc(-c4cnc([C@H]5[C@H](C(=O)N[C@H](C(=O)OC)C(C)C)C6CC[C@@H]65)[nH]4)cc3)cc2)[nH]1)C(C)C. The van der Waals surface area contributed by atoms with Gasteiger partial charge in [-0.1, -0.05) is 76.2 Å². The van der Waals surface area contributed by atoms with Crippen LogP contribution in [0.15, 0.2) is 60.9 Å². The molecule has 0 spiro atoms. The molecule has 4 N–H and O–H groups in total. The number of H-pyrrole nitrogens is 2. The Kier molecular flexibility index (Phi) is 10.8. The Balaban J connectivity index is 0.999. The van der Waals surface area contributed by atoms with Gasteiger partial charge in [-0.3, -0.25) is 9.59 Å². The minimum atomic E-state index is -0.685. The number of ether oxygens (including phenoxy) is 2. The lowest BCUT2D eigenvalue weighted by Crippen LogP contribution is -2.60. The molecular formula is C42H51N7O6. The summed E-state index contributed by atoms with van der Waals surface area (Å²) in [6.07, 6.45) is 6.75. The largest absolute Gasteiger partial charge is 0.467 e. The Morgan fingerprint density at radius 1 is 0.709 bits per heavy atom. The third-order valence-corrected chi connectivity index (χ3v) is 11.9. The number of nitrogens with one attached hydrogen (secondary N) is 4. The fourth-order valence-electron chi connectivity index (χ4n) is 8.62. The molecule has 2 aromatic carbocycles. The second kappa shape index (κ2) is 15.7. The van der Waals surface area contributed by atoms with E-state index >= 15 is 0 Å². The highest BCUT2D eigenvalue weighted by Gasteiger charge is 2.60. The van der Waals surface area contributed by atoms with Gasteiger partial charge in [0.25, 0.3) is 0 Å². The molecule has 7 atom stereocenters. The van der Waals surface area contributed by atoms with Crippen molar-refractivity contribution in [2.24, 2.45) is 29.6 Å². The highest BCUT2D eigenvalue weighted by molar-refractivity contribution is 5.88. The molecule has 0 radical (unpaired) electrons. The minimum Gasteiger partial charge on any atom is -0.467 e. The number of aromatic amines is 2. The molecular weight excluding hydrogens is 699 g/mol. The van der Waals surface area contributed by atoms with Crippen LogP contribution < -0.4 is 10.6 Å². The number of esters is 1. The summed E-state index contributed by atoms with van der Waals surface area (Å²) in [5.74, 6) is 1.21. The van der Waals surface area contributed by atoms with E-state index in [0.717, 1.165) is 71.0 Å². The van der Waals surface area contributed by atoms with Crippen molar-refractivity contribution in [2.75, 3.05) is 20.8 Å². The number of hydrogen-bond acceptors (Lipinski definition) is 8. The molecule has 3 aliphatic rings. The first-order valence-corrected chi connectivity index (χ1v) is 19.3. The average Bonchev–Trinajstić information content (AvgIpc) is 3.97. The van der Waals surface area contributed by atoms with Crippen molar-refractivity contribution in [1.29, 1.82) is 0 Å². The van der Waals surface area contributed by atoms with Crippen LogP contribution in [0.25, 0.3) is 33.6 Å². The van der Waals surface area contributed by atoms with Crippen molar-refractivity contribution in [3.8, 4) is 33.6 Å². The number of methoxy groups -OCH3 is 2. The summed E-state index contributed by atoms with van der Waals surface area (Å²) < 4.78 is 9.70. The molecule has 1 aliphatic heterocycles. The summed E-state index contributed by atoms with van der Waals surface area (Å²) in [6, 6.07) is 15.0. The number of benzene rings is 2. The maximum atomic E-state index is 13.5. The number of likely N-dealkylation sites (tertiary alicyclic amines) is 1. The van der Waals surface area contributed by atoms with Crippen LogP contribution in [0, 0.1) is 29.6 Å². The first-order valence-electron chi connectivity index (χ1n) is 19.3. The monoisotopic (exact) mass is 749 g/mol. The summed E-state index contributed by atoms with van der Waals surface area (Å²) in [5, 5.41) is 5.67. The average molecular weight is 750 g/mol. The quantitative estimate of drug-likeness (QED) is 0.124. The first-order chi connectivity index (χ1) is 26.5. The maximum absolute atomic E-state index is 13.5. The number of rotatable bonds is 12. The zero-order valence-corrected chi connectivity index (χ0v) is 32.3. The summed E-state index contributed by atoms with van der Waals surface area (Å²) in [4.78, 5) is 69.4. The van der Waals surface area contributed by atoms with Crippen molar-refractivity contribution >= 4 is 23.9 Å². The van der Waals surface area contributed by atoms with E-state index in [1.807, 2.05) is 38.8 Å². The Hall–Kier alpha value is -5.46. The van der Waals surface area contributed by atoms with Crippen LogP contribution in [0.1, 0.15) is 77.0 Å². The Bertz CT molecular complexity index is 2020. The van der Waals surface area contributed by atoms with E-state index in [1.165, 1.54) is 14.2 Å². The number of imidazole rings is 2. The number of aromatic nitrogens is 4. The maximum Gasteiger partial charge on any atom is 0.407 e. The molecule has 1 saturated heterocycles. The normalized spacial score (nSPS) is 22.6. The topological polar surface area (TPSA) is 171 Å². The van der Waals surface area contributed by atoms with Crippen molar-refractivity contribution in [3.63, 3.8) is 0 Å². The van der Waals surface area contributed by atoms with Gasteiger partial charge >= 0.3 is 12.1 Å². The molecule has 3 amide bonds. The van der Waals surface area contributed by atoms with Crippen LogP contribution in [-0.2, 0) is 23.9 Å². The molecule has 1 unspecified atom stereocenters.